The lowest BCUT2D eigenvalue weighted by Gasteiger charge is -2.24. The Hall–Kier alpha value is -1.81. The summed E-state index contributed by atoms with van der Waals surface area (Å²) in [6.07, 6.45) is 0.874. The molecule has 0 saturated carbocycles. The van der Waals surface area contributed by atoms with Gasteiger partial charge in [-0.3, -0.25) is 4.57 Å². The minimum absolute atomic E-state index is 0.132. The van der Waals surface area contributed by atoms with Gasteiger partial charge in [-0.05, 0) is 13.8 Å². The lowest BCUT2D eigenvalue weighted by molar-refractivity contribution is -0.200. The van der Waals surface area contributed by atoms with Gasteiger partial charge in [0.05, 0.1) is 12.9 Å². The van der Waals surface area contributed by atoms with Gasteiger partial charge in [0.15, 0.2) is 23.2 Å². The molecule has 0 aliphatic carbocycles. The Labute approximate surface area is 144 Å². The molecule has 0 amide bonds. The van der Waals surface area contributed by atoms with Crippen molar-refractivity contribution < 1.29 is 24.1 Å². The molecule has 2 saturated heterocycles. The summed E-state index contributed by atoms with van der Waals surface area (Å²) in [5, 5.41) is 10.1. The van der Waals surface area contributed by atoms with Gasteiger partial charge in [-0.25, -0.2) is 9.97 Å². The molecule has 25 heavy (non-hydrogen) atoms. The van der Waals surface area contributed by atoms with Crippen molar-refractivity contribution in [3.8, 4) is 5.88 Å². The molecule has 4 atom stereocenters. The van der Waals surface area contributed by atoms with Crippen LogP contribution in [0.25, 0.3) is 11.2 Å². The number of aromatic hydroxyl groups is 1. The number of nitrogens with zero attached hydrogens (tertiary/aromatic N) is 4. The minimum atomic E-state index is -0.703. The van der Waals surface area contributed by atoms with E-state index in [0.29, 0.717) is 30.0 Å². The van der Waals surface area contributed by atoms with Crippen LogP contribution in [0.1, 0.15) is 32.8 Å². The maximum Gasteiger partial charge on any atom is 0.243 e. The van der Waals surface area contributed by atoms with E-state index in [1.807, 2.05) is 20.8 Å². The van der Waals surface area contributed by atoms with Crippen molar-refractivity contribution in [3.05, 3.63) is 12.2 Å². The van der Waals surface area contributed by atoms with Crippen LogP contribution >= 0.6 is 0 Å². The number of ether oxygens (including phenoxy) is 4. The molecule has 0 unspecified atom stereocenters. The van der Waals surface area contributed by atoms with Gasteiger partial charge in [0.2, 0.25) is 5.88 Å². The second kappa shape index (κ2) is 5.87. The van der Waals surface area contributed by atoms with Crippen molar-refractivity contribution in [2.75, 3.05) is 13.7 Å². The summed E-state index contributed by atoms with van der Waals surface area (Å²) in [5.74, 6) is -0.294. The first-order valence-corrected chi connectivity index (χ1v) is 8.36. The van der Waals surface area contributed by atoms with Gasteiger partial charge in [0.25, 0.3) is 0 Å². The highest BCUT2D eigenvalue weighted by atomic mass is 16.8. The lowest BCUT2D eigenvalue weighted by Crippen LogP contribution is -2.32. The van der Waals surface area contributed by atoms with Crippen molar-refractivity contribution in [2.24, 2.45) is 0 Å². The van der Waals surface area contributed by atoms with Gasteiger partial charge >= 0.3 is 0 Å². The van der Waals surface area contributed by atoms with Crippen molar-refractivity contribution in [2.45, 2.75) is 57.5 Å². The highest BCUT2D eigenvalue weighted by molar-refractivity contribution is 5.76. The molecular weight excluding hydrogens is 328 g/mol. The normalized spacial score (nSPS) is 30.9. The Kier molecular flexibility index (Phi) is 3.91. The number of aryl methyl sites for hydroxylation is 1. The van der Waals surface area contributed by atoms with Crippen molar-refractivity contribution in [1.29, 1.82) is 0 Å². The molecule has 2 fully saturated rings. The third-order valence-corrected chi connectivity index (χ3v) is 4.50. The third-order valence-electron chi connectivity index (χ3n) is 4.50. The summed E-state index contributed by atoms with van der Waals surface area (Å²) in [6.45, 7) is 6.07. The first-order chi connectivity index (χ1) is 11.9. The fourth-order valence-electron chi connectivity index (χ4n) is 3.47. The standard InChI is InChI=1S/C16H22N4O5/c1-5-9-18-13-10(14(21)19-9)17-7-20(13)15-12-11(8(23-15)6-22-4)24-16(2,3)25-12/h7-8,11-12,15H,5-6H2,1-4H3,(H,18,19,21)/t8-,11-,12-,15-/m1/s1. The SMILES string of the molecule is CCc1nc(O)c2ncn([C@@H]3O[C@H](COC)[C@H]4OC(C)(C)O[C@H]43)c2n1. The zero-order valence-corrected chi connectivity index (χ0v) is 14.7. The molecule has 1 N–H and O–H groups in total. The molecule has 2 aromatic rings. The highest BCUT2D eigenvalue weighted by Crippen LogP contribution is 2.44. The average Bonchev–Trinajstić information content (AvgIpc) is 3.20. The molecule has 9 nitrogen and oxygen atoms in total. The number of hydrogen-bond acceptors (Lipinski definition) is 8. The van der Waals surface area contributed by atoms with Gasteiger partial charge in [-0.2, -0.15) is 4.98 Å². The maximum absolute atomic E-state index is 10.1. The van der Waals surface area contributed by atoms with Crippen LogP contribution in [-0.2, 0) is 25.4 Å². The van der Waals surface area contributed by atoms with E-state index >= 15 is 0 Å². The molecule has 0 radical (unpaired) electrons. The maximum atomic E-state index is 10.1. The zero-order chi connectivity index (χ0) is 17.8. The molecule has 2 aliphatic heterocycles. The minimum Gasteiger partial charge on any atom is -0.492 e. The molecular formula is C16H22N4O5. The van der Waals surface area contributed by atoms with Crippen LogP contribution in [0.3, 0.4) is 0 Å². The number of rotatable bonds is 4. The summed E-state index contributed by atoms with van der Waals surface area (Å²) in [4.78, 5) is 12.8. The summed E-state index contributed by atoms with van der Waals surface area (Å²) >= 11 is 0. The summed E-state index contributed by atoms with van der Waals surface area (Å²) in [7, 11) is 1.62. The second-order valence-electron chi connectivity index (χ2n) is 6.73. The molecule has 0 aromatic carbocycles. The fourth-order valence-corrected chi connectivity index (χ4v) is 3.47. The number of fused-ring (bicyclic) bond motifs is 2. The summed E-state index contributed by atoms with van der Waals surface area (Å²) in [5.41, 5.74) is 0.852. The molecule has 0 bridgehead atoms. The van der Waals surface area contributed by atoms with Crippen LogP contribution in [0.15, 0.2) is 6.33 Å². The Morgan fingerprint density at radius 3 is 2.76 bits per heavy atom. The van der Waals surface area contributed by atoms with E-state index in [1.54, 1.807) is 18.0 Å². The van der Waals surface area contributed by atoms with Crippen molar-refractivity contribution in [1.82, 2.24) is 19.5 Å². The topological polar surface area (TPSA) is 101 Å². The molecule has 4 heterocycles. The quantitative estimate of drug-likeness (QED) is 0.877. The number of hydrogen-bond donors (Lipinski definition) is 1. The third kappa shape index (κ3) is 2.67. The van der Waals surface area contributed by atoms with E-state index < -0.39 is 12.0 Å². The Bertz CT molecular complexity index is 792. The Morgan fingerprint density at radius 1 is 1.28 bits per heavy atom. The smallest absolute Gasteiger partial charge is 0.243 e. The van der Waals surface area contributed by atoms with E-state index in [0.717, 1.165) is 0 Å². The molecule has 2 aliphatic rings. The molecule has 9 heteroatoms. The van der Waals surface area contributed by atoms with E-state index in [-0.39, 0.29) is 24.2 Å². The Balaban J connectivity index is 1.76. The van der Waals surface area contributed by atoms with Gasteiger partial charge in [0.1, 0.15) is 24.1 Å². The molecule has 4 rings (SSSR count). The van der Waals surface area contributed by atoms with Gasteiger partial charge in [0, 0.05) is 13.5 Å². The first kappa shape index (κ1) is 16.6. The first-order valence-electron chi connectivity index (χ1n) is 8.36. The predicted octanol–water partition coefficient (Wildman–Crippen LogP) is 1.16. The molecule has 136 valence electrons. The van der Waals surface area contributed by atoms with Crippen LogP contribution in [-0.4, -0.2) is 62.4 Å². The molecule has 0 spiro atoms. The number of imidazole rings is 1. The highest BCUT2D eigenvalue weighted by Gasteiger charge is 2.56. The Morgan fingerprint density at radius 2 is 2.04 bits per heavy atom. The monoisotopic (exact) mass is 350 g/mol. The second-order valence-corrected chi connectivity index (χ2v) is 6.73. The fraction of sp³-hybridized carbons (Fsp3) is 0.688. The van der Waals surface area contributed by atoms with Crippen LogP contribution < -0.4 is 0 Å². The number of methoxy groups -OCH3 is 1. The van der Waals surface area contributed by atoms with E-state index in [2.05, 4.69) is 15.0 Å². The van der Waals surface area contributed by atoms with Crippen LogP contribution in [0.4, 0.5) is 0 Å². The lowest BCUT2D eigenvalue weighted by atomic mass is 10.1. The van der Waals surface area contributed by atoms with Crippen molar-refractivity contribution in [3.63, 3.8) is 0 Å². The average molecular weight is 350 g/mol. The van der Waals surface area contributed by atoms with Crippen LogP contribution in [0.5, 0.6) is 5.88 Å². The van der Waals surface area contributed by atoms with E-state index in [4.69, 9.17) is 18.9 Å². The van der Waals surface area contributed by atoms with Crippen molar-refractivity contribution >= 4 is 11.2 Å². The number of aromatic nitrogens is 4. The van der Waals surface area contributed by atoms with Gasteiger partial charge in [-0.1, -0.05) is 6.92 Å². The van der Waals surface area contributed by atoms with Crippen LogP contribution in [0.2, 0.25) is 0 Å². The predicted molar refractivity (Wildman–Crippen MR) is 86.0 cm³/mol. The molecule has 2 aromatic heterocycles. The zero-order valence-electron chi connectivity index (χ0n) is 14.7. The summed E-state index contributed by atoms with van der Waals surface area (Å²) < 4.78 is 25.2. The van der Waals surface area contributed by atoms with Gasteiger partial charge in [-0.15, -0.1) is 0 Å². The van der Waals surface area contributed by atoms with E-state index in [9.17, 15) is 5.11 Å². The van der Waals surface area contributed by atoms with E-state index in [1.165, 1.54) is 0 Å². The van der Waals surface area contributed by atoms with Gasteiger partial charge < -0.3 is 24.1 Å². The summed E-state index contributed by atoms with van der Waals surface area (Å²) in [6, 6.07) is 0. The largest absolute Gasteiger partial charge is 0.492 e. The van der Waals surface area contributed by atoms with Crippen LogP contribution in [0, 0.1) is 0 Å².